The molecular formula is C37H80NO3S+. The van der Waals surface area contributed by atoms with Crippen molar-refractivity contribution >= 4 is 10.1 Å². The molecule has 0 aromatic carbocycles. The Hall–Kier alpha value is -0.130. The lowest BCUT2D eigenvalue weighted by Gasteiger charge is -2.40. The van der Waals surface area contributed by atoms with Gasteiger partial charge in [-0.25, -0.2) is 0 Å². The van der Waals surface area contributed by atoms with Gasteiger partial charge in [-0.2, -0.15) is 8.42 Å². The number of unbranched alkanes of at least 4 members (excludes halogenated alkanes) is 24. The van der Waals surface area contributed by atoms with Crippen molar-refractivity contribution in [3.05, 3.63) is 0 Å². The highest BCUT2D eigenvalue weighted by atomic mass is 32.2. The summed E-state index contributed by atoms with van der Waals surface area (Å²) in [7, 11) is -3.67. The van der Waals surface area contributed by atoms with Crippen LogP contribution in [0, 0.1) is 0 Å². The van der Waals surface area contributed by atoms with Crippen LogP contribution in [0.1, 0.15) is 207 Å². The summed E-state index contributed by atoms with van der Waals surface area (Å²) in [6.45, 7) is 15.3. The maximum Gasteiger partial charge on any atom is 0.261 e. The maximum absolute atomic E-state index is 9.19. The van der Waals surface area contributed by atoms with E-state index in [-0.39, 0.29) is 0 Å². The Labute approximate surface area is 266 Å². The molecule has 0 fully saturated rings. The van der Waals surface area contributed by atoms with Crippen LogP contribution in [0.25, 0.3) is 0 Å². The van der Waals surface area contributed by atoms with E-state index in [1.807, 2.05) is 0 Å². The number of rotatable bonds is 32. The topological polar surface area (TPSA) is 54.4 Å². The van der Waals surface area contributed by atoms with E-state index in [9.17, 15) is 8.42 Å². The molecule has 5 heteroatoms. The molecule has 1 N–H and O–H groups in total. The van der Waals surface area contributed by atoms with Gasteiger partial charge in [0, 0.05) is 0 Å². The molecule has 0 aliphatic carbocycles. The zero-order chi connectivity index (χ0) is 31.6. The van der Waals surface area contributed by atoms with Crippen molar-refractivity contribution in [3.63, 3.8) is 0 Å². The monoisotopic (exact) mass is 619 g/mol. The lowest BCUT2D eigenvalue weighted by Crippen LogP contribution is -2.50. The predicted octanol–water partition coefficient (Wildman–Crippen LogP) is 12.3. The minimum atomic E-state index is -3.67. The summed E-state index contributed by atoms with van der Waals surface area (Å²) in [6.07, 6.45) is 41.5. The molecule has 0 saturated heterocycles. The number of hydrogen-bond donors (Lipinski definition) is 1. The third kappa shape index (κ3) is 37.9. The van der Waals surface area contributed by atoms with Gasteiger partial charge in [0.25, 0.3) is 10.1 Å². The summed E-state index contributed by atoms with van der Waals surface area (Å²) in [4.78, 5) is 0. The molecule has 42 heavy (non-hydrogen) atoms. The van der Waals surface area contributed by atoms with Crippen molar-refractivity contribution < 1.29 is 17.5 Å². The molecule has 4 nitrogen and oxygen atoms in total. The quantitative estimate of drug-likeness (QED) is 0.0463. The number of nitrogens with zero attached hydrogens (tertiary/aromatic N) is 1. The Bertz CT molecular complexity index is 559. The average molecular weight is 619 g/mol. The molecule has 0 aromatic heterocycles. The zero-order valence-corrected chi connectivity index (χ0v) is 30.6. The molecule has 0 aliphatic heterocycles. The van der Waals surface area contributed by atoms with E-state index in [1.54, 1.807) is 0 Å². The Morgan fingerprint density at radius 3 is 0.667 bits per heavy atom. The fourth-order valence-electron chi connectivity index (χ4n) is 6.29. The molecule has 0 spiro atoms. The van der Waals surface area contributed by atoms with Gasteiger partial charge >= 0.3 is 0 Å². The lowest BCUT2D eigenvalue weighted by atomic mass is 10.0. The molecule has 0 radical (unpaired) electrons. The van der Waals surface area contributed by atoms with Crippen LogP contribution in [0.3, 0.4) is 0 Å². The van der Waals surface area contributed by atoms with Crippen LogP contribution in [-0.4, -0.2) is 49.9 Å². The molecule has 0 atom stereocenters. The van der Waals surface area contributed by atoms with Crippen molar-refractivity contribution in [1.29, 1.82) is 0 Å². The van der Waals surface area contributed by atoms with Crippen molar-refractivity contribution in [2.45, 2.75) is 207 Å². The highest BCUT2D eigenvalue weighted by Gasteiger charge is 2.25. The second-order valence-electron chi connectivity index (χ2n) is 13.5. The van der Waals surface area contributed by atoms with Crippen molar-refractivity contribution in [2.75, 3.05) is 32.4 Å². The highest BCUT2D eigenvalue weighted by molar-refractivity contribution is 7.85. The smallest absolute Gasteiger partial charge is 0.261 e. The van der Waals surface area contributed by atoms with E-state index < -0.39 is 10.1 Å². The molecule has 0 aliphatic rings. The van der Waals surface area contributed by atoms with Crippen LogP contribution in [-0.2, 0) is 10.1 Å². The summed E-state index contributed by atoms with van der Waals surface area (Å²) in [6, 6.07) is 0. The largest absolute Gasteiger partial charge is 0.324 e. The molecule has 0 rings (SSSR count). The van der Waals surface area contributed by atoms with Gasteiger partial charge in [-0.3, -0.25) is 4.55 Å². The number of quaternary nitrogens is 1. The van der Waals surface area contributed by atoms with Crippen LogP contribution in [0.15, 0.2) is 0 Å². The van der Waals surface area contributed by atoms with Crippen molar-refractivity contribution in [3.8, 4) is 0 Å². The second-order valence-corrected chi connectivity index (χ2v) is 14.9. The van der Waals surface area contributed by atoms with E-state index in [0.29, 0.717) is 6.26 Å². The summed E-state index contributed by atoms with van der Waals surface area (Å²) < 4.78 is 27.3. The van der Waals surface area contributed by atoms with Crippen LogP contribution < -0.4 is 0 Å². The Morgan fingerprint density at radius 2 is 0.500 bits per heavy atom. The molecule has 256 valence electrons. The fraction of sp³-hybridized carbons (Fsp3) is 1.00. The molecule has 0 bridgehead atoms. The van der Waals surface area contributed by atoms with E-state index in [2.05, 4.69) is 27.7 Å². The van der Waals surface area contributed by atoms with Crippen molar-refractivity contribution in [1.82, 2.24) is 0 Å². The van der Waals surface area contributed by atoms with Gasteiger partial charge in [0.15, 0.2) is 0 Å². The van der Waals surface area contributed by atoms with Crippen LogP contribution in [0.4, 0.5) is 0 Å². The lowest BCUT2D eigenvalue weighted by molar-refractivity contribution is -0.929. The molecular weight excluding hydrogens is 538 g/mol. The molecule has 0 heterocycles. The molecule has 0 saturated carbocycles. The fourth-order valence-corrected chi connectivity index (χ4v) is 6.29. The van der Waals surface area contributed by atoms with Gasteiger partial charge in [-0.15, -0.1) is 0 Å². The van der Waals surface area contributed by atoms with Crippen LogP contribution in [0.5, 0.6) is 0 Å². The van der Waals surface area contributed by atoms with Crippen molar-refractivity contribution in [2.24, 2.45) is 0 Å². The normalized spacial score (nSPS) is 12.0. The Balaban J connectivity index is 0. The van der Waals surface area contributed by atoms with E-state index >= 15 is 0 Å². The van der Waals surface area contributed by atoms with Gasteiger partial charge in [0.2, 0.25) is 0 Å². The first-order chi connectivity index (χ1) is 20.2. The third-order valence-electron chi connectivity index (χ3n) is 8.94. The van der Waals surface area contributed by atoms with Gasteiger partial charge in [-0.1, -0.05) is 156 Å². The predicted molar refractivity (Wildman–Crippen MR) is 189 cm³/mol. The minimum absolute atomic E-state index is 0.715. The second kappa shape index (κ2) is 33.8. The summed E-state index contributed by atoms with van der Waals surface area (Å²) in [5.41, 5.74) is 0. The maximum atomic E-state index is 9.19. The summed E-state index contributed by atoms with van der Waals surface area (Å²) >= 11 is 0. The van der Waals surface area contributed by atoms with E-state index in [4.69, 9.17) is 4.55 Å². The first-order valence-corrected chi connectivity index (χ1v) is 20.9. The summed E-state index contributed by atoms with van der Waals surface area (Å²) in [5.74, 6) is 0. The SMILES string of the molecule is CCCCCCCCCCCC[N+](CCCCCCCC)(CCCCCCCC)CCCCCCCC.CS(=O)(=O)O. The van der Waals surface area contributed by atoms with Gasteiger partial charge in [-0.05, 0) is 51.4 Å². The molecule has 0 aromatic rings. The van der Waals surface area contributed by atoms with Gasteiger partial charge in [0.1, 0.15) is 0 Å². The van der Waals surface area contributed by atoms with E-state index in [1.165, 1.54) is 210 Å². The van der Waals surface area contributed by atoms with E-state index in [0.717, 1.165) is 0 Å². The van der Waals surface area contributed by atoms with Crippen LogP contribution in [0.2, 0.25) is 0 Å². The molecule has 0 amide bonds. The van der Waals surface area contributed by atoms with Crippen LogP contribution >= 0.6 is 0 Å². The molecule has 0 unspecified atom stereocenters. The number of hydrogen-bond acceptors (Lipinski definition) is 2. The first-order valence-electron chi connectivity index (χ1n) is 19.0. The Kier molecular flexibility index (Phi) is 35.4. The first kappa shape index (κ1) is 44.0. The third-order valence-corrected chi connectivity index (χ3v) is 8.94. The Morgan fingerprint density at radius 1 is 0.357 bits per heavy atom. The summed E-state index contributed by atoms with van der Waals surface area (Å²) in [5, 5.41) is 0. The zero-order valence-electron chi connectivity index (χ0n) is 29.7. The standard InChI is InChI=1S/C36H76N.CH4O3S/c1-5-9-13-17-21-22-23-24-28-32-36-37(33-29-25-18-14-10-6-2,34-30-26-19-15-11-7-3)35-31-27-20-16-12-8-4;1-5(2,3)4/h5-36H2,1-4H3;1H3,(H,2,3,4)/q+1;. The van der Waals surface area contributed by atoms with Gasteiger partial charge in [0.05, 0.1) is 32.4 Å². The average Bonchev–Trinajstić information content (AvgIpc) is 2.94. The minimum Gasteiger partial charge on any atom is -0.324 e. The highest BCUT2D eigenvalue weighted by Crippen LogP contribution is 2.21. The van der Waals surface area contributed by atoms with Gasteiger partial charge < -0.3 is 4.48 Å².